The van der Waals surface area contributed by atoms with Crippen molar-refractivity contribution in [2.45, 2.75) is 25.9 Å². The van der Waals surface area contributed by atoms with E-state index in [4.69, 9.17) is 23.2 Å². The van der Waals surface area contributed by atoms with Gasteiger partial charge in [-0.2, -0.15) is 0 Å². The Morgan fingerprint density at radius 1 is 1.23 bits per heavy atom. The van der Waals surface area contributed by atoms with Gasteiger partial charge in [0.2, 0.25) is 0 Å². The Morgan fingerprint density at radius 3 is 2.54 bits per heavy atom. The summed E-state index contributed by atoms with van der Waals surface area (Å²) in [5.74, 6) is 0. The van der Waals surface area contributed by atoms with Crippen molar-refractivity contribution >= 4 is 23.2 Å². The summed E-state index contributed by atoms with van der Waals surface area (Å²) in [7, 11) is 0. The number of rotatable bonds is 0. The van der Waals surface area contributed by atoms with Gasteiger partial charge in [-0.25, -0.2) is 0 Å². The third-order valence-electron chi connectivity index (χ3n) is 2.45. The summed E-state index contributed by atoms with van der Waals surface area (Å²) < 4.78 is 0. The second kappa shape index (κ2) is 3.49. The van der Waals surface area contributed by atoms with Gasteiger partial charge < -0.3 is 5.32 Å². The molecule has 1 heterocycles. The second-order valence-electron chi connectivity index (χ2n) is 3.47. The summed E-state index contributed by atoms with van der Waals surface area (Å²) in [5, 5.41) is 5.02. The third-order valence-corrected chi connectivity index (χ3v) is 3.16. The molecule has 3 heteroatoms. The lowest BCUT2D eigenvalue weighted by Gasteiger charge is -2.24. The van der Waals surface area contributed by atoms with Crippen LogP contribution in [0.25, 0.3) is 0 Å². The number of hydrogen-bond donors (Lipinski definition) is 1. The smallest absolute Gasteiger partial charge is 0.0454 e. The molecule has 1 atom stereocenters. The second-order valence-corrected chi connectivity index (χ2v) is 4.29. The Labute approximate surface area is 88.0 Å². The lowest BCUT2D eigenvalue weighted by atomic mass is 9.97. The fourth-order valence-electron chi connectivity index (χ4n) is 1.70. The molecule has 0 saturated heterocycles. The lowest BCUT2D eigenvalue weighted by molar-refractivity contribution is 0.514. The Kier molecular flexibility index (Phi) is 2.50. The highest BCUT2D eigenvalue weighted by Gasteiger charge is 2.18. The number of fused-ring (bicyclic) bond motifs is 1. The van der Waals surface area contributed by atoms with Crippen LogP contribution in [0.15, 0.2) is 12.1 Å². The molecule has 2 rings (SSSR count). The molecule has 1 unspecified atom stereocenters. The average Bonchev–Trinajstić information content (AvgIpc) is 2.12. The standard InChI is InChI=1S/C10H11Cl2N/c1-6-4-7-8(5-13-6)10(12)3-2-9(7)11/h2-3,6,13H,4-5H2,1H3. The molecule has 0 bridgehead atoms. The first kappa shape index (κ1) is 9.32. The van der Waals surface area contributed by atoms with Gasteiger partial charge in [0.1, 0.15) is 0 Å². The van der Waals surface area contributed by atoms with E-state index in [-0.39, 0.29) is 0 Å². The van der Waals surface area contributed by atoms with Crippen LogP contribution in [-0.2, 0) is 13.0 Å². The number of hydrogen-bond acceptors (Lipinski definition) is 1. The molecule has 0 fully saturated rings. The quantitative estimate of drug-likeness (QED) is 0.702. The summed E-state index contributed by atoms with van der Waals surface area (Å²) in [6, 6.07) is 4.23. The molecule has 0 saturated carbocycles. The summed E-state index contributed by atoms with van der Waals surface area (Å²) in [4.78, 5) is 0. The van der Waals surface area contributed by atoms with E-state index in [0.29, 0.717) is 6.04 Å². The van der Waals surface area contributed by atoms with Crippen LogP contribution in [0.2, 0.25) is 10.0 Å². The Morgan fingerprint density at radius 2 is 1.85 bits per heavy atom. The molecule has 1 aliphatic heterocycles. The topological polar surface area (TPSA) is 12.0 Å². The van der Waals surface area contributed by atoms with E-state index in [1.807, 2.05) is 12.1 Å². The molecule has 0 aliphatic carbocycles. The highest BCUT2D eigenvalue weighted by molar-refractivity contribution is 6.34. The lowest BCUT2D eigenvalue weighted by Crippen LogP contribution is -2.33. The first-order valence-corrected chi connectivity index (χ1v) is 5.13. The Hall–Kier alpha value is -0.240. The van der Waals surface area contributed by atoms with E-state index in [0.717, 1.165) is 28.6 Å². The summed E-state index contributed by atoms with van der Waals surface area (Å²) in [6.45, 7) is 2.98. The predicted molar refractivity (Wildman–Crippen MR) is 56.5 cm³/mol. The third kappa shape index (κ3) is 1.69. The molecular formula is C10H11Cl2N. The predicted octanol–water partition coefficient (Wildman–Crippen LogP) is 3.03. The van der Waals surface area contributed by atoms with Crippen molar-refractivity contribution in [2.24, 2.45) is 0 Å². The van der Waals surface area contributed by atoms with E-state index in [1.54, 1.807) is 0 Å². The van der Waals surface area contributed by atoms with E-state index in [9.17, 15) is 0 Å². The maximum absolute atomic E-state index is 6.09. The number of halogens is 2. The monoisotopic (exact) mass is 215 g/mol. The van der Waals surface area contributed by atoms with Crippen LogP contribution in [0, 0.1) is 0 Å². The van der Waals surface area contributed by atoms with Crippen molar-refractivity contribution < 1.29 is 0 Å². The molecule has 1 aromatic rings. The van der Waals surface area contributed by atoms with Crippen LogP contribution >= 0.6 is 23.2 Å². The zero-order chi connectivity index (χ0) is 9.42. The molecule has 0 radical (unpaired) electrons. The minimum absolute atomic E-state index is 0.489. The molecule has 0 spiro atoms. The van der Waals surface area contributed by atoms with Gasteiger partial charge in [0.25, 0.3) is 0 Å². The Bertz CT molecular complexity index is 336. The zero-order valence-electron chi connectivity index (χ0n) is 7.40. The molecule has 70 valence electrons. The van der Waals surface area contributed by atoms with Crippen LogP contribution in [-0.4, -0.2) is 6.04 Å². The summed E-state index contributed by atoms with van der Waals surface area (Å²) >= 11 is 12.2. The normalized spacial score (nSPS) is 21.3. The van der Waals surface area contributed by atoms with Crippen LogP contribution in [0.5, 0.6) is 0 Å². The van der Waals surface area contributed by atoms with E-state index < -0.39 is 0 Å². The van der Waals surface area contributed by atoms with Gasteiger partial charge in [0, 0.05) is 22.6 Å². The molecule has 0 aromatic heterocycles. The van der Waals surface area contributed by atoms with Crippen molar-refractivity contribution in [1.82, 2.24) is 5.32 Å². The van der Waals surface area contributed by atoms with Gasteiger partial charge >= 0.3 is 0 Å². The van der Waals surface area contributed by atoms with Gasteiger partial charge in [-0.3, -0.25) is 0 Å². The van der Waals surface area contributed by atoms with Crippen molar-refractivity contribution in [2.75, 3.05) is 0 Å². The molecular weight excluding hydrogens is 205 g/mol. The van der Waals surface area contributed by atoms with Crippen molar-refractivity contribution in [1.29, 1.82) is 0 Å². The van der Waals surface area contributed by atoms with Crippen LogP contribution in [0.4, 0.5) is 0 Å². The van der Waals surface area contributed by atoms with Crippen molar-refractivity contribution in [3.63, 3.8) is 0 Å². The van der Waals surface area contributed by atoms with E-state index >= 15 is 0 Å². The Balaban J connectivity index is 2.51. The average molecular weight is 216 g/mol. The first-order chi connectivity index (χ1) is 6.18. The molecule has 0 amide bonds. The van der Waals surface area contributed by atoms with Crippen molar-refractivity contribution in [3.05, 3.63) is 33.3 Å². The molecule has 1 aliphatic rings. The van der Waals surface area contributed by atoms with E-state index in [1.165, 1.54) is 5.56 Å². The maximum atomic E-state index is 6.09. The number of benzene rings is 1. The van der Waals surface area contributed by atoms with Crippen LogP contribution in [0.3, 0.4) is 0 Å². The minimum Gasteiger partial charge on any atom is -0.310 e. The fraction of sp³-hybridized carbons (Fsp3) is 0.400. The van der Waals surface area contributed by atoms with Crippen molar-refractivity contribution in [3.8, 4) is 0 Å². The zero-order valence-corrected chi connectivity index (χ0v) is 8.91. The van der Waals surface area contributed by atoms with Gasteiger partial charge in [-0.1, -0.05) is 23.2 Å². The van der Waals surface area contributed by atoms with Gasteiger partial charge in [-0.05, 0) is 36.6 Å². The number of nitrogens with one attached hydrogen (secondary N) is 1. The molecule has 1 aromatic carbocycles. The first-order valence-electron chi connectivity index (χ1n) is 4.37. The minimum atomic E-state index is 0.489. The largest absolute Gasteiger partial charge is 0.310 e. The van der Waals surface area contributed by atoms with Gasteiger partial charge in [0.05, 0.1) is 0 Å². The van der Waals surface area contributed by atoms with Crippen LogP contribution < -0.4 is 5.32 Å². The maximum Gasteiger partial charge on any atom is 0.0454 e. The summed E-state index contributed by atoms with van der Waals surface area (Å²) in [5.41, 5.74) is 2.37. The SMILES string of the molecule is CC1Cc2c(Cl)ccc(Cl)c2CN1. The molecule has 13 heavy (non-hydrogen) atoms. The van der Waals surface area contributed by atoms with E-state index in [2.05, 4.69) is 12.2 Å². The highest BCUT2D eigenvalue weighted by atomic mass is 35.5. The van der Waals surface area contributed by atoms with Crippen LogP contribution in [0.1, 0.15) is 18.1 Å². The molecule has 1 nitrogen and oxygen atoms in total. The van der Waals surface area contributed by atoms with Gasteiger partial charge in [-0.15, -0.1) is 0 Å². The summed E-state index contributed by atoms with van der Waals surface area (Å²) in [6.07, 6.45) is 0.967. The highest BCUT2D eigenvalue weighted by Crippen LogP contribution is 2.30. The van der Waals surface area contributed by atoms with Gasteiger partial charge in [0.15, 0.2) is 0 Å². The molecule has 1 N–H and O–H groups in total. The fourth-order valence-corrected chi connectivity index (χ4v) is 2.20.